The Kier molecular flexibility index (Phi) is 1.71. The van der Waals surface area contributed by atoms with Crippen LogP contribution in [0.15, 0.2) is 10.8 Å². The topological polar surface area (TPSA) is 29.3 Å². The standard InChI is InChI=1S/C11H16N2O/c1-13-4-2-11(3-5-13)6-9-10(7-11)14-8-12-9/h8H,2-7H2,1H3. The molecule has 0 amide bonds. The Morgan fingerprint density at radius 1 is 1.36 bits per heavy atom. The minimum absolute atomic E-state index is 0.495. The molecule has 0 aromatic carbocycles. The second-order valence-corrected chi connectivity index (χ2v) is 4.88. The minimum atomic E-state index is 0.495. The van der Waals surface area contributed by atoms with Gasteiger partial charge in [0.05, 0.1) is 5.69 Å². The maximum Gasteiger partial charge on any atom is 0.181 e. The third-order valence-electron chi connectivity index (χ3n) is 3.85. The van der Waals surface area contributed by atoms with Gasteiger partial charge in [0.25, 0.3) is 0 Å². The van der Waals surface area contributed by atoms with Crippen LogP contribution in [0.1, 0.15) is 24.3 Å². The van der Waals surface area contributed by atoms with E-state index in [-0.39, 0.29) is 0 Å². The number of aromatic nitrogens is 1. The molecule has 1 aromatic rings. The zero-order chi connectivity index (χ0) is 9.60. The van der Waals surface area contributed by atoms with Crippen LogP contribution in [0.25, 0.3) is 0 Å². The monoisotopic (exact) mass is 192 g/mol. The number of piperidine rings is 1. The lowest BCUT2D eigenvalue weighted by Gasteiger charge is -2.37. The predicted molar refractivity (Wildman–Crippen MR) is 53.1 cm³/mol. The van der Waals surface area contributed by atoms with Crippen LogP contribution < -0.4 is 0 Å². The van der Waals surface area contributed by atoms with Gasteiger partial charge in [-0.2, -0.15) is 0 Å². The van der Waals surface area contributed by atoms with Gasteiger partial charge in [0.1, 0.15) is 5.76 Å². The van der Waals surface area contributed by atoms with Gasteiger partial charge in [-0.15, -0.1) is 0 Å². The van der Waals surface area contributed by atoms with Crippen LogP contribution in [0.5, 0.6) is 0 Å². The van der Waals surface area contributed by atoms with Gasteiger partial charge in [0.2, 0.25) is 0 Å². The molecule has 1 aliphatic heterocycles. The van der Waals surface area contributed by atoms with Gasteiger partial charge in [-0.1, -0.05) is 0 Å². The second kappa shape index (κ2) is 2.83. The molecule has 2 heterocycles. The molecule has 0 saturated carbocycles. The summed E-state index contributed by atoms with van der Waals surface area (Å²) in [6.07, 6.45) is 6.46. The summed E-state index contributed by atoms with van der Waals surface area (Å²) in [7, 11) is 2.21. The maximum absolute atomic E-state index is 5.41. The van der Waals surface area contributed by atoms with Crippen molar-refractivity contribution >= 4 is 0 Å². The Morgan fingerprint density at radius 3 is 2.86 bits per heavy atom. The summed E-state index contributed by atoms with van der Waals surface area (Å²) in [5, 5.41) is 0. The third-order valence-corrected chi connectivity index (χ3v) is 3.85. The van der Waals surface area contributed by atoms with Crippen molar-refractivity contribution in [3.8, 4) is 0 Å². The van der Waals surface area contributed by atoms with Crippen LogP contribution >= 0.6 is 0 Å². The molecule has 1 aliphatic carbocycles. The molecule has 1 saturated heterocycles. The van der Waals surface area contributed by atoms with E-state index in [4.69, 9.17) is 4.42 Å². The first-order valence-electron chi connectivity index (χ1n) is 5.37. The van der Waals surface area contributed by atoms with Crippen LogP contribution in [-0.4, -0.2) is 30.0 Å². The molecule has 3 nitrogen and oxygen atoms in total. The summed E-state index contributed by atoms with van der Waals surface area (Å²) in [4.78, 5) is 6.70. The summed E-state index contributed by atoms with van der Waals surface area (Å²) in [5.41, 5.74) is 1.71. The van der Waals surface area contributed by atoms with Crippen molar-refractivity contribution < 1.29 is 4.42 Å². The first-order chi connectivity index (χ1) is 6.77. The molecule has 0 atom stereocenters. The molecule has 2 aliphatic rings. The Bertz CT molecular complexity index is 314. The fourth-order valence-corrected chi connectivity index (χ4v) is 2.79. The van der Waals surface area contributed by atoms with E-state index in [0.29, 0.717) is 5.41 Å². The highest BCUT2D eigenvalue weighted by atomic mass is 16.3. The number of hydrogen-bond donors (Lipinski definition) is 0. The summed E-state index contributed by atoms with van der Waals surface area (Å²) >= 11 is 0. The van der Waals surface area contributed by atoms with E-state index in [1.54, 1.807) is 6.39 Å². The Hall–Kier alpha value is -0.830. The molecular weight excluding hydrogens is 176 g/mol. The van der Waals surface area contributed by atoms with E-state index in [9.17, 15) is 0 Å². The molecule has 1 aromatic heterocycles. The van der Waals surface area contributed by atoms with Crippen molar-refractivity contribution in [3.05, 3.63) is 17.8 Å². The lowest BCUT2D eigenvalue weighted by atomic mass is 9.76. The van der Waals surface area contributed by atoms with Crippen molar-refractivity contribution in [1.29, 1.82) is 0 Å². The number of nitrogens with zero attached hydrogens (tertiary/aromatic N) is 2. The normalized spacial score (nSPS) is 25.5. The zero-order valence-corrected chi connectivity index (χ0v) is 8.62. The van der Waals surface area contributed by atoms with Crippen LogP contribution in [-0.2, 0) is 12.8 Å². The molecule has 0 bridgehead atoms. The smallest absolute Gasteiger partial charge is 0.181 e. The van der Waals surface area contributed by atoms with Gasteiger partial charge in [0, 0.05) is 6.42 Å². The van der Waals surface area contributed by atoms with Gasteiger partial charge < -0.3 is 9.32 Å². The fourth-order valence-electron chi connectivity index (χ4n) is 2.79. The van der Waals surface area contributed by atoms with Crippen molar-refractivity contribution in [2.24, 2.45) is 5.41 Å². The predicted octanol–water partition coefficient (Wildman–Crippen LogP) is 1.49. The van der Waals surface area contributed by atoms with Crippen LogP contribution in [0.3, 0.4) is 0 Å². The van der Waals surface area contributed by atoms with Crippen LogP contribution in [0.2, 0.25) is 0 Å². The Balaban J connectivity index is 1.79. The van der Waals surface area contributed by atoms with Crippen molar-refractivity contribution in [2.75, 3.05) is 20.1 Å². The lowest BCUT2D eigenvalue weighted by Crippen LogP contribution is -2.38. The number of likely N-dealkylation sites (tertiary alicyclic amines) is 1. The van der Waals surface area contributed by atoms with Crippen molar-refractivity contribution in [1.82, 2.24) is 9.88 Å². The molecule has 14 heavy (non-hydrogen) atoms. The van der Waals surface area contributed by atoms with E-state index in [2.05, 4.69) is 16.9 Å². The first kappa shape index (κ1) is 8.48. The molecule has 0 N–H and O–H groups in total. The molecule has 3 heteroatoms. The SMILES string of the molecule is CN1CCC2(CC1)Cc1ncoc1C2. The molecule has 3 rings (SSSR count). The third kappa shape index (κ3) is 1.19. The number of rotatable bonds is 0. The largest absolute Gasteiger partial charge is 0.448 e. The van der Waals surface area contributed by atoms with E-state index < -0.39 is 0 Å². The molecule has 0 radical (unpaired) electrons. The van der Waals surface area contributed by atoms with Crippen molar-refractivity contribution in [2.45, 2.75) is 25.7 Å². The summed E-state index contributed by atoms with van der Waals surface area (Å²) in [5.74, 6) is 1.15. The van der Waals surface area contributed by atoms with Gasteiger partial charge in [0.15, 0.2) is 6.39 Å². The van der Waals surface area contributed by atoms with Gasteiger partial charge in [-0.25, -0.2) is 4.98 Å². The lowest BCUT2D eigenvalue weighted by molar-refractivity contribution is 0.127. The maximum atomic E-state index is 5.41. The highest BCUT2D eigenvalue weighted by Crippen LogP contribution is 2.43. The van der Waals surface area contributed by atoms with Crippen molar-refractivity contribution in [3.63, 3.8) is 0 Å². The molecule has 1 spiro atoms. The van der Waals surface area contributed by atoms with E-state index in [1.807, 2.05) is 0 Å². The summed E-state index contributed by atoms with van der Waals surface area (Å²) < 4.78 is 5.41. The van der Waals surface area contributed by atoms with Gasteiger partial charge in [-0.05, 0) is 44.8 Å². The Morgan fingerprint density at radius 2 is 2.14 bits per heavy atom. The first-order valence-corrected chi connectivity index (χ1v) is 5.37. The fraction of sp³-hybridized carbons (Fsp3) is 0.727. The second-order valence-electron chi connectivity index (χ2n) is 4.88. The van der Waals surface area contributed by atoms with Gasteiger partial charge in [-0.3, -0.25) is 0 Å². The summed E-state index contributed by atoms with van der Waals surface area (Å²) in [6.45, 7) is 2.45. The molecule has 1 fully saturated rings. The molecule has 76 valence electrons. The van der Waals surface area contributed by atoms with Crippen LogP contribution in [0, 0.1) is 5.41 Å². The van der Waals surface area contributed by atoms with Gasteiger partial charge >= 0.3 is 0 Å². The number of oxazole rings is 1. The van der Waals surface area contributed by atoms with E-state index in [0.717, 1.165) is 18.6 Å². The number of hydrogen-bond acceptors (Lipinski definition) is 3. The zero-order valence-electron chi connectivity index (χ0n) is 8.62. The average Bonchev–Trinajstić information content (AvgIpc) is 2.69. The quantitative estimate of drug-likeness (QED) is 0.623. The molecule has 0 unspecified atom stereocenters. The average molecular weight is 192 g/mol. The molecular formula is C11H16N2O. The van der Waals surface area contributed by atoms with E-state index >= 15 is 0 Å². The van der Waals surface area contributed by atoms with Crippen LogP contribution in [0.4, 0.5) is 0 Å². The Labute approximate surface area is 84.1 Å². The highest BCUT2D eigenvalue weighted by Gasteiger charge is 2.41. The summed E-state index contributed by atoms with van der Waals surface area (Å²) in [6, 6.07) is 0. The van der Waals surface area contributed by atoms with E-state index in [1.165, 1.54) is 31.6 Å². The number of fused-ring (bicyclic) bond motifs is 1. The highest BCUT2D eigenvalue weighted by molar-refractivity contribution is 5.20. The minimum Gasteiger partial charge on any atom is -0.448 e.